The van der Waals surface area contributed by atoms with Gasteiger partial charge in [0.1, 0.15) is 5.75 Å². The third kappa shape index (κ3) is 3.24. The summed E-state index contributed by atoms with van der Waals surface area (Å²) in [5.41, 5.74) is 1.16. The Hall–Kier alpha value is -0.510. The molecule has 0 aliphatic heterocycles. The number of hydrogen-bond acceptors (Lipinski definition) is 2. The summed E-state index contributed by atoms with van der Waals surface area (Å²) in [6.45, 7) is 0. The number of methoxy groups -OCH3 is 1. The van der Waals surface area contributed by atoms with Gasteiger partial charge in [-0.3, -0.25) is 0 Å². The molecule has 0 aliphatic carbocycles. The van der Waals surface area contributed by atoms with E-state index < -0.39 is 0 Å². The largest absolute Gasteiger partial charge is 0.496 e. The van der Waals surface area contributed by atoms with Crippen LogP contribution in [0.2, 0.25) is 5.02 Å². The smallest absolute Gasteiger partial charge is 0.129 e. The first-order valence-corrected chi connectivity index (χ1v) is 7.38. The van der Waals surface area contributed by atoms with Gasteiger partial charge in [0, 0.05) is 15.3 Å². The van der Waals surface area contributed by atoms with Gasteiger partial charge < -0.3 is 4.74 Å². The van der Waals surface area contributed by atoms with Crippen molar-refractivity contribution in [2.45, 2.75) is 11.2 Å². The standard InChI is InChI=1S/C13H12BrClOS/c1-16-10-7-13(17-8-10)11(14)6-9-4-2-3-5-12(9)15/h2-5,7-8,11H,6H2,1H3. The minimum absolute atomic E-state index is 0.274. The molecule has 2 aromatic rings. The van der Waals surface area contributed by atoms with Gasteiger partial charge >= 0.3 is 0 Å². The second-order valence-corrected chi connectivity index (χ2v) is 6.11. The number of alkyl halides is 1. The highest BCUT2D eigenvalue weighted by atomic mass is 79.9. The molecule has 0 radical (unpaired) electrons. The molecule has 4 heteroatoms. The molecule has 0 saturated heterocycles. The summed E-state index contributed by atoms with van der Waals surface area (Å²) in [6.07, 6.45) is 0.878. The molecule has 1 unspecified atom stereocenters. The van der Waals surface area contributed by atoms with E-state index in [1.54, 1.807) is 18.4 Å². The lowest BCUT2D eigenvalue weighted by atomic mass is 10.1. The maximum absolute atomic E-state index is 6.15. The van der Waals surface area contributed by atoms with E-state index in [1.807, 2.05) is 23.6 Å². The molecule has 0 bridgehead atoms. The molecule has 0 amide bonds. The van der Waals surface area contributed by atoms with Crippen molar-refractivity contribution in [1.82, 2.24) is 0 Å². The van der Waals surface area contributed by atoms with Crippen LogP contribution in [0.25, 0.3) is 0 Å². The average molecular weight is 332 g/mol. The zero-order chi connectivity index (χ0) is 12.3. The van der Waals surface area contributed by atoms with Gasteiger partial charge in [-0.1, -0.05) is 45.7 Å². The second kappa shape index (κ2) is 5.89. The van der Waals surface area contributed by atoms with Gasteiger partial charge in [-0.25, -0.2) is 0 Å². The molecule has 1 nitrogen and oxygen atoms in total. The Labute approximate surface area is 119 Å². The van der Waals surface area contributed by atoms with Crippen molar-refractivity contribution in [1.29, 1.82) is 0 Å². The Kier molecular flexibility index (Phi) is 4.48. The molecular weight excluding hydrogens is 320 g/mol. The zero-order valence-electron chi connectivity index (χ0n) is 9.32. The Balaban J connectivity index is 2.11. The van der Waals surface area contributed by atoms with Gasteiger partial charge in [-0.05, 0) is 24.1 Å². The third-order valence-electron chi connectivity index (χ3n) is 2.50. The summed E-state index contributed by atoms with van der Waals surface area (Å²) < 4.78 is 5.18. The summed E-state index contributed by atoms with van der Waals surface area (Å²) in [7, 11) is 1.68. The molecule has 90 valence electrons. The first-order chi connectivity index (χ1) is 8.20. The van der Waals surface area contributed by atoms with Crippen LogP contribution < -0.4 is 4.74 Å². The first kappa shape index (κ1) is 12.9. The van der Waals surface area contributed by atoms with Gasteiger partial charge in [0.15, 0.2) is 0 Å². The minimum Gasteiger partial charge on any atom is -0.496 e. The van der Waals surface area contributed by atoms with E-state index in [9.17, 15) is 0 Å². The van der Waals surface area contributed by atoms with Gasteiger partial charge in [0.25, 0.3) is 0 Å². The van der Waals surface area contributed by atoms with Gasteiger partial charge in [0.2, 0.25) is 0 Å². The Morgan fingerprint density at radius 2 is 2.18 bits per heavy atom. The SMILES string of the molecule is COc1csc(C(Br)Cc2ccccc2Cl)c1. The summed E-state index contributed by atoms with van der Waals surface area (Å²) in [5, 5.41) is 2.83. The maximum atomic E-state index is 6.15. The van der Waals surface area contributed by atoms with Gasteiger partial charge in [-0.2, -0.15) is 0 Å². The third-order valence-corrected chi connectivity index (χ3v) is 5.01. The van der Waals surface area contributed by atoms with Crippen LogP contribution in [-0.4, -0.2) is 7.11 Å². The molecule has 0 saturated carbocycles. The van der Waals surface area contributed by atoms with Crippen LogP contribution in [0.1, 0.15) is 15.3 Å². The number of thiophene rings is 1. The fourth-order valence-corrected chi connectivity index (χ4v) is 3.41. The second-order valence-electron chi connectivity index (χ2n) is 3.65. The summed E-state index contributed by atoms with van der Waals surface area (Å²) in [6, 6.07) is 9.99. The number of halogens is 2. The first-order valence-electron chi connectivity index (χ1n) is 5.20. The minimum atomic E-state index is 0.274. The maximum Gasteiger partial charge on any atom is 0.129 e. The Bertz CT molecular complexity index is 498. The van der Waals surface area contributed by atoms with Crippen molar-refractivity contribution < 1.29 is 4.74 Å². The van der Waals surface area contributed by atoms with E-state index in [0.717, 1.165) is 22.8 Å². The lowest BCUT2D eigenvalue weighted by Crippen LogP contribution is -1.93. The molecule has 0 aliphatic rings. The lowest BCUT2D eigenvalue weighted by molar-refractivity contribution is 0.416. The van der Waals surface area contributed by atoms with Crippen molar-refractivity contribution >= 4 is 38.9 Å². The molecule has 17 heavy (non-hydrogen) atoms. The fraction of sp³-hybridized carbons (Fsp3) is 0.231. The lowest BCUT2D eigenvalue weighted by Gasteiger charge is -2.08. The zero-order valence-corrected chi connectivity index (χ0v) is 12.5. The van der Waals surface area contributed by atoms with Crippen molar-refractivity contribution in [3.05, 3.63) is 51.2 Å². The van der Waals surface area contributed by atoms with Gasteiger partial charge in [0.05, 0.1) is 11.9 Å². The fourth-order valence-electron chi connectivity index (χ4n) is 1.56. The molecule has 1 aromatic carbocycles. The molecule has 0 spiro atoms. The van der Waals surface area contributed by atoms with Crippen molar-refractivity contribution in [2.24, 2.45) is 0 Å². The highest BCUT2D eigenvalue weighted by Crippen LogP contribution is 2.35. The molecule has 1 atom stereocenters. The number of benzene rings is 1. The Morgan fingerprint density at radius 3 is 2.82 bits per heavy atom. The van der Waals surface area contributed by atoms with E-state index in [0.29, 0.717) is 0 Å². The van der Waals surface area contributed by atoms with E-state index in [2.05, 4.69) is 28.1 Å². The van der Waals surface area contributed by atoms with Crippen LogP contribution in [-0.2, 0) is 6.42 Å². The van der Waals surface area contributed by atoms with E-state index in [4.69, 9.17) is 16.3 Å². The molecule has 0 N–H and O–H groups in total. The predicted octanol–water partition coefficient (Wildman–Crippen LogP) is 5.09. The van der Waals surface area contributed by atoms with Crippen molar-refractivity contribution in [3.63, 3.8) is 0 Å². The number of hydrogen-bond donors (Lipinski definition) is 0. The molecule has 0 fully saturated rings. The molecular formula is C13H12BrClOS. The van der Waals surface area contributed by atoms with Crippen LogP contribution in [0.5, 0.6) is 5.75 Å². The predicted molar refractivity (Wildman–Crippen MR) is 77.7 cm³/mol. The highest BCUT2D eigenvalue weighted by Gasteiger charge is 2.13. The topological polar surface area (TPSA) is 9.23 Å². The van der Waals surface area contributed by atoms with Crippen LogP contribution in [0, 0.1) is 0 Å². The number of ether oxygens (including phenoxy) is 1. The van der Waals surface area contributed by atoms with Gasteiger partial charge in [-0.15, -0.1) is 11.3 Å². The normalized spacial score (nSPS) is 12.4. The van der Waals surface area contributed by atoms with Crippen LogP contribution in [0.4, 0.5) is 0 Å². The average Bonchev–Trinajstić information content (AvgIpc) is 2.81. The quantitative estimate of drug-likeness (QED) is 0.709. The molecule has 1 aromatic heterocycles. The highest BCUT2D eigenvalue weighted by molar-refractivity contribution is 9.09. The van der Waals surface area contributed by atoms with E-state index in [1.165, 1.54) is 4.88 Å². The molecule has 1 heterocycles. The monoisotopic (exact) mass is 330 g/mol. The molecule has 2 rings (SSSR count). The van der Waals surface area contributed by atoms with Crippen molar-refractivity contribution in [2.75, 3.05) is 7.11 Å². The van der Waals surface area contributed by atoms with Crippen molar-refractivity contribution in [3.8, 4) is 5.75 Å². The van der Waals surface area contributed by atoms with Crippen LogP contribution >= 0.6 is 38.9 Å². The summed E-state index contributed by atoms with van der Waals surface area (Å²) in [4.78, 5) is 1.53. The van der Waals surface area contributed by atoms with Crippen LogP contribution in [0.3, 0.4) is 0 Å². The Morgan fingerprint density at radius 1 is 1.41 bits per heavy atom. The summed E-state index contributed by atoms with van der Waals surface area (Å²) in [5.74, 6) is 0.911. The number of rotatable bonds is 4. The summed E-state index contributed by atoms with van der Waals surface area (Å²) >= 11 is 11.5. The van der Waals surface area contributed by atoms with E-state index >= 15 is 0 Å². The van der Waals surface area contributed by atoms with Crippen LogP contribution in [0.15, 0.2) is 35.7 Å². The van der Waals surface area contributed by atoms with E-state index in [-0.39, 0.29) is 4.83 Å².